The van der Waals surface area contributed by atoms with Crippen molar-refractivity contribution in [2.24, 2.45) is 0 Å². The Balaban J connectivity index is 1.52. The first-order valence-corrected chi connectivity index (χ1v) is 10.1. The van der Waals surface area contributed by atoms with Crippen molar-refractivity contribution in [1.82, 2.24) is 15.5 Å². The number of rotatable bonds is 10. The number of nitrogens with zero attached hydrogens (tertiary/aromatic N) is 2. The molecule has 1 unspecified atom stereocenters. The minimum Gasteiger partial charge on any atom is -0.434 e. The highest BCUT2D eigenvalue weighted by molar-refractivity contribution is 7.13. The van der Waals surface area contributed by atoms with Gasteiger partial charge in [0.25, 0.3) is 0 Å². The number of aromatic nitrogens is 2. The molecule has 6 nitrogen and oxygen atoms in total. The summed E-state index contributed by atoms with van der Waals surface area (Å²) in [4.78, 5) is 17.6. The summed E-state index contributed by atoms with van der Waals surface area (Å²) in [5, 5.41) is 8.76. The number of carbonyl (C=O) groups is 1. The van der Waals surface area contributed by atoms with Crippen molar-refractivity contribution in [3.05, 3.63) is 53.2 Å². The highest BCUT2D eigenvalue weighted by Gasteiger charge is 2.19. The third-order valence-corrected chi connectivity index (χ3v) is 5.12. The van der Waals surface area contributed by atoms with Gasteiger partial charge in [-0.3, -0.25) is 4.79 Å². The van der Waals surface area contributed by atoms with Crippen LogP contribution < -0.4 is 10.1 Å². The summed E-state index contributed by atoms with van der Waals surface area (Å²) in [6.07, 6.45) is 1.81. The van der Waals surface area contributed by atoms with Crippen LogP contribution in [0.4, 0.5) is 8.78 Å². The molecule has 0 bridgehead atoms. The number of halogens is 2. The Kier molecular flexibility index (Phi) is 7.29. The Hall–Kier alpha value is -2.81. The molecule has 3 aromatic rings. The zero-order chi connectivity index (χ0) is 20.6. The summed E-state index contributed by atoms with van der Waals surface area (Å²) in [6.45, 7) is -1.05. The van der Waals surface area contributed by atoms with Gasteiger partial charge in [-0.25, -0.2) is 0 Å². The number of thiophene rings is 1. The van der Waals surface area contributed by atoms with Crippen LogP contribution in [0.5, 0.6) is 5.75 Å². The maximum atomic E-state index is 12.6. The predicted molar refractivity (Wildman–Crippen MR) is 105 cm³/mol. The van der Waals surface area contributed by atoms with E-state index in [1.165, 1.54) is 17.4 Å². The number of amides is 1. The molecule has 0 saturated carbocycles. The molecule has 1 aromatic carbocycles. The zero-order valence-electron chi connectivity index (χ0n) is 15.8. The number of benzene rings is 1. The van der Waals surface area contributed by atoms with Crippen LogP contribution >= 0.6 is 11.3 Å². The lowest BCUT2D eigenvalue weighted by Gasteiger charge is -2.20. The van der Waals surface area contributed by atoms with Crippen LogP contribution in [0, 0.1) is 0 Å². The summed E-state index contributed by atoms with van der Waals surface area (Å²) < 4.78 is 35.0. The summed E-state index contributed by atoms with van der Waals surface area (Å²) in [5.74, 6) is 0.911. The van der Waals surface area contributed by atoms with Gasteiger partial charge in [0, 0.05) is 18.4 Å². The number of hydrogen-bond donors (Lipinski definition) is 1. The van der Waals surface area contributed by atoms with E-state index < -0.39 is 12.7 Å². The normalized spacial score (nSPS) is 12.1. The fraction of sp³-hybridized carbons (Fsp3) is 0.350. The Morgan fingerprint density at radius 1 is 1.28 bits per heavy atom. The molecule has 0 saturated heterocycles. The van der Waals surface area contributed by atoms with E-state index in [4.69, 9.17) is 4.52 Å². The summed E-state index contributed by atoms with van der Waals surface area (Å²) >= 11 is 1.52. The molecule has 154 valence electrons. The van der Waals surface area contributed by atoms with Gasteiger partial charge in [-0.15, -0.1) is 11.3 Å². The van der Waals surface area contributed by atoms with Gasteiger partial charge >= 0.3 is 6.61 Å². The van der Waals surface area contributed by atoms with Gasteiger partial charge in [0.2, 0.25) is 17.6 Å². The van der Waals surface area contributed by atoms with E-state index in [0.717, 1.165) is 4.88 Å². The fourth-order valence-electron chi connectivity index (χ4n) is 2.90. The van der Waals surface area contributed by atoms with Crippen LogP contribution in [0.2, 0.25) is 0 Å². The van der Waals surface area contributed by atoms with Crippen molar-refractivity contribution in [1.29, 1.82) is 0 Å². The monoisotopic (exact) mass is 421 g/mol. The van der Waals surface area contributed by atoms with Crippen LogP contribution in [-0.2, 0) is 11.2 Å². The van der Waals surface area contributed by atoms with E-state index in [2.05, 4.69) is 20.2 Å². The number of carbonyl (C=O) groups excluding carboxylic acids is 1. The van der Waals surface area contributed by atoms with Crippen LogP contribution in [0.15, 0.2) is 46.3 Å². The van der Waals surface area contributed by atoms with Crippen LogP contribution in [0.1, 0.15) is 43.7 Å². The minimum atomic E-state index is -2.92. The van der Waals surface area contributed by atoms with Crippen LogP contribution in [0.25, 0.3) is 10.7 Å². The Bertz CT molecular complexity index is 915. The third-order valence-electron chi connectivity index (χ3n) is 4.26. The number of aryl methyl sites for hydroxylation is 1. The summed E-state index contributed by atoms with van der Waals surface area (Å²) in [5.41, 5.74) is 0.529. The number of hydrogen-bond acceptors (Lipinski definition) is 6. The van der Waals surface area contributed by atoms with Crippen molar-refractivity contribution >= 4 is 17.2 Å². The van der Waals surface area contributed by atoms with E-state index >= 15 is 0 Å². The molecule has 0 spiro atoms. The van der Waals surface area contributed by atoms with E-state index in [9.17, 15) is 13.6 Å². The highest BCUT2D eigenvalue weighted by Crippen LogP contribution is 2.28. The summed E-state index contributed by atoms with van der Waals surface area (Å²) in [6, 6.07) is 9.90. The minimum absolute atomic E-state index is 0.0709. The standard InChI is InChI=1S/C20H21F2N3O3S/c1-2-14(13-7-3-4-8-15(13)27-20(21)22)23-17(26)10-5-11-18-24-19(25-28-18)16-9-6-12-29-16/h3-4,6-9,12,14,20H,2,5,10-11H2,1H3,(H,23,26). The van der Waals surface area contributed by atoms with Gasteiger partial charge in [0.1, 0.15) is 5.75 Å². The molecule has 0 radical (unpaired) electrons. The fourth-order valence-corrected chi connectivity index (χ4v) is 3.55. The molecule has 1 amide bonds. The molecule has 9 heteroatoms. The van der Waals surface area contributed by atoms with Gasteiger partial charge in [-0.2, -0.15) is 13.8 Å². The SMILES string of the molecule is CCC(NC(=O)CCCc1nc(-c2cccs2)no1)c1ccccc1OC(F)F. The molecule has 2 heterocycles. The van der Waals surface area contributed by atoms with Crippen LogP contribution in [0.3, 0.4) is 0 Å². The molecule has 3 rings (SSSR count). The van der Waals surface area contributed by atoms with Crippen molar-refractivity contribution in [3.8, 4) is 16.5 Å². The molecular formula is C20H21F2N3O3S. The first kappa shape index (κ1) is 20.9. The Morgan fingerprint density at radius 3 is 2.83 bits per heavy atom. The van der Waals surface area contributed by atoms with Crippen molar-refractivity contribution in [2.45, 2.75) is 45.3 Å². The molecule has 1 atom stereocenters. The lowest BCUT2D eigenvalue weighted by Crippen LogP contribution is -2.28. The second-order valence-corrected chi connectivity index (χ2v) is 7.23. The average Bonchev–Trinajstić information content (AvgIpc) is 3.38. The van der Waals surface area contributed by atoms with Gasteiger partial charge < -0.3 is 14.6 Å². The Labute approximate surface area is 170 Å². The molecule has 0 aliphatic carbocycles. The number of nitrogens with one attached hydrogen (secondary N) is 1. The molecule has 0 aliphatic heterocycles. The first-order valence-electron chi connectivity index (χ1n) is 9.26. The lowest BCUT2D eigenvalue weighted by atomic mass is 10.0. The van der Waals surface area contributed by atoms with E-state index in [0.29, 0.717) is 36.5 Å². The number of para-hydroxylation sites is 1. The topological polar surface area (TPSA) is 77.3 Å². The van der Waals surface area contributed by atoms with Crippen molar-refractivity contribution < 1.29 is 22.8 Å². The van der Waals surface area contributed by atoms with Gasteiger partial charge in [0.05, 0.1) is 10.9 Å². The lowest BCUT2D eigenvalue weighted by molar-refractivity contribution is -0.122. The summed E-state index contributed by atoms with van der Waals surface area (Å²) in [7, 11) is 0. The smallest absolute Gasteiger partial charge is 0.387 e. The molecule has 0 fully saturated rings. The molecule has 29 heavy (non-hydrogen) atoms. The molecule has 2 aromatic heterocycles. The number of alkyl halides is 2. The van der Waals surface area contributed by atoms with Gasteiger partial charge in [-0.1, -0.05) is 36.3 Å². The van der Waals surface area contributed by atoms with Crippen LogP contribution in [-0.4, -0.2) is 22.7 Å². The Morgan fingerprint density at radius 2 is 2.10 bits per heavy atom. The zero-order valence-corrected chi connectivity index (χ0v) is 16.6. The predicted octanol–water partition coefficient (Wildman–Crippen LogP) is 4.99. The molecule has 0 aliphatic rings. The average molecular weight is 421 g/mol. The maximum Gasteiger partial charge on any atom is 0.387 e. The van der Waals surface area contributed by atoms with Gasteiger partial charge in [0.15, 0.2) is 0 Å². The largest absolute Gasteiger partial charge is 0.434 e. The molecular weight excluding hydrogens is 400 g/mol. The van der Waals surface area contributed by atoms with Crippen molar-refractivity contribution in [2.75, 3.05) is 0 Å². The quantitative estimate of drug-likeness (QED) is 0.499. The van der Waals surface area contributed by atoms with Crippen molar-refractivity contribution in [3.63, 3.8) is 0 Å². The molecule has 1 N–H and O–H groups in total. The second kappa shape index (κ2) is 10.1. The second-order valence-electron chi connectivity index (χ2n) is 6.29. The van der Waals surface area contributed by atoms with E-state index in [-0.39, 0.29) is 18.1 Å². The third kappa shape index (κ3) is 5.83. The first-order chi connectivity index (χ1) is 14.1. The number of ether oxygens (including phenoxy) is 1. The van der Waals surface area contributed by atoms with E-state index in [1.807, 2.05) is 24.4 Å². The maximum absolute atomic E-state index is 12.6. The van der Waals surface area contributed by atoms with E-state index in [1.54, 1.807) is 18.2 Å². The van der Waals surface area contributed by atoms with Gasteiger partial charge in [-0.05, 0) is 30.4 Å². The highest BCUT2D eigenvalue weighted by atomic mass is 32.1.